The molecule has 1 aliphatic heterocycles. The molecule has 1 atom stereocenters. The monoisotopic (exact) mass is 170 g/mol. The molecule has 0 bridgehead atoms. The van der Waals surface area contributed by atoms with E-state index in [1.165, 1.54) is 45.4 Å². The average Bonchev–Trinajstić information content (AvgIpc) is 2.32. The lowest BCUT2D eigenvalue weighted by atomic mass is 10.1. The molecule has 0 aromatic heterocycles. The van der Waals surface area contributed by atoms with Gasteiger partial charge in [0.25, 0.3) is 0 Å². The third-order valence-corrected chi connectivity index (χ3v) is 2.70. The van der Waals surface area contributed by atoms with Gasteiger partial charge in [-0.15, -0.1) is 0 Å². The van der Waals surface area contributed by atoms with Crippen molar-refractivity contribution in [1.82, 2.24) is 10.2 Å². The first-order valence-electron chi connectivity index (χ1n) is 5.29. The predicted molar refractivity (Wildman–Crippen MR) is 53.4 cm³/mol. The summed E-state index contributed by atoms with van der Waals surface area (Å²) in [4.78, 5) is 2.61. The van der Waals surface area contributed by atoms with Crippen LogP contribution < -0.4 is 5.32 Å². The van der Waals surface area contributed by atoms with Crippen molar-refractivity contribution in [3.05, 3.63) is 0 Å². The summed E-state index contributed by atoms with van der Waals surface area (Å²) in [6, 6.07) is 0.787. The van der Waals surface area contributed by atoms with E-state index in [-0.39, 0.29) is 0 Å². The molecule has 12 heavy (non-hydrogen) atoms. The highest BCUT2D eigenvalue weighted by Crippen LogP contribution is 2.07. The molecule has 0 amide bonds. The average molecular weight is 170 g/mol. The van der Waals surface area contributed by atoms with Crippen molar-refractivity contribution in [1.29, 1.82) is 0 Å². The molecule has 0 aromatic rings. The standard InChI is InChI=1S/C10H22N2/c1-3-5-10(2)12-8-4-6-11-7-9-12/h10-11H,3-9H2,1-2H3/t10-/m0/s1. The van der Waals surface area contributed by atoms with Gasteiger partial charge in [0.15, 0.2) is 0 Å². The van der Waals surface area contributed by atoms with Crippen LogP contribution in [0, 0.1) is 0 Å². The van der Waals surface area contributed by atoms with Gasteiger partial charge in [0.1, 0.15) is 0 Å². The van der Waals surface area contributed by atoms with Gasteiger partial charge in [-0.3, -0.25) is 4.90 Å². The molecule has 1 rings (SSSR count). The van der Waals surface area contributed by atoms with Crippen molar-refractivity contribution in [2.24, 2.45) is 0 Å². The van der Waals surface area contributed by atoms with Crippen molar-refractivity contribution in [3.8, 4) is 0 Å². The molecule has 72 valence electrons. The Labute approximate surface area is 76.3 Å². The van der Waals surface area contributed by atoms with E-state index in [1.807, 2.05) is 0 Å². The van der Waals surface area contributed by atoms with Crippen molar-refractivity contribution >= 4 is 0 Å². The second-order valence-corrected chi connectivity index (χ2v) is 3.78. The molecule has 1 N–H and O–H groups in total. The maximum Gasteiger partial charge on any atom is 0.0110 e. The lowest BCUT2D eigenvalue weighted by Gasteiger charge is -2.26. The topological polar surface area (TPSA) is 15.3 Å². The van der Waals surface area contributed by atoms with Gasteiger partial charge in [0.05, 0.1) is 0 Å². The minimum Gasteiger partial charge on any atom is -0.315 e. The molecule has 0 aliphatic carbocycles. The van der Waals surface area contributed by atoms with Gasteiger partial charge in [-0.2, -0.15) is 0 Å². The number of rotatable bonds is 3. The second kappa shape index (κ2) is 5.55. The molecule has 0 spiro atoms. The van der Waals surface area contributed by atoms with E-state index in [2.05, 4.69) is 24.1 Å². The summed E-state index contributed by atoms with van der Waals surface area (Å²) in [7, 11) is 0. The minimum atomic E-state index is 0.787. The molecule has 1 saturated heterocycles. The van der Waals surface area contributed by atoms with Crippen LogP contribution in [-0.4, -0.2) is 37.1 Å². The molecule has 0 radical (unpaired) electrons. The van der Waals surface area contributed by atoms with Crippen LogP contribution in [0.2, 0.25) is 0 Å². The zero-order valence-electron chi connectivity index (χ0n) is 8.47. The number of hydrogen-bond acceptors (Lipinski definition) is 2. The number of nitrogens with one attached hydrogen (secondary N) is 1. The van der Waals surface area contributed by atoms with Crippen LogP contribution in [0.5, 0.6) is 0 Å². The fourth-order valence-electron chi connectivity index (χ4n) is 1.91. The first-order chi connectivity index (χ1) is 5.84. The van der Waals surface area contributed by atoms with Gasteiger partial charge < -0.3 is 5.32 Å². The normalized spacial score (nSPS) is 23.5. The highest BCUT2D eigenvalue weighted by atomic mass is 15.2. The molecule has 1 fully saturated rings. The van der Waals surface area contributed by atoms with Crippen LogP contribution >= 0.6 is 0 Å². The predicted octanol–water partition coefficient (Wildman–Crippen LogP) is 1.47. The number of nitrogens with zero attached hydrogens (tertiary/aromatic N) is 1. The van der Waals surface area contributed by atoms with E-state index >= 15 is 0 Å². The fraction of sp³-hybridized carbons (Fsp3) is 1.00. The molecule has 0 saturated carbocycles. The van der Waals surface area contributed by atoms with Gasteiger partial charge in [-0.05, 0) is 32.9 Å². The van der Waals surface area contributed by atoms with E-state index in [0.717, 1.165) is 6.04 Å². The summed E-state index contributed by atoms with van der Waals surface area (Å²) in [6.45, 7) is 9.53. The maximum absolute atomic E-state index is 3.43. The summed E-state index contributed by atoms with van der Waals surface area (Å²) >= 11 is 0. The Hall–Kier alpha value is -0.0800. The molecule has 2 heteroatoms. The Morgan fingerprint density at radius 3 is 2.92 bits per heavy atom. The van der Waals surface area contributed by atoms with Crippen LogP contribution in [0.15, 0.2) is 0 Å². The summed E-state index contributed by atoms with van der Waals surface area (Å²) < 4.78 is 0. The molecule has 2 nitrogen and oxygen atoms in total. The van der Waals surface area contributed by atoms with Gasteiger partial charge in [-0.25, -0.2) is 0 Å². The summed E-state index contributed by atoms with van der Waals surface area (Å²) in [5.74, 6) is 0. The van der Waals surface area contributed by atoms with Crippen molar-refractivity contribution in [2.45, 2.75) is 39.2 Å². The van der Waals surface area contributed by atoms with Gasteiger partial charge >= 0.3 is 0 Å². The SMILES string of the molecule is CCC[C@H](C)N1CCCNCC1. The third-order valence-electron chi connectivity index (χ3n) is 2.70. The molecule has 0 aromatic carbocycles. The van der Waals surface area contributed by atoms with Crippen LogP contribution in [0.1, 0.15) is 33.1 Å². The summed E-state index contributed by atoms with van der Waals surface area (Å²) in [6.07, 6.45) is 3.97. The van der Waals surface area contributed by atoms with Crippen molar-refractivity contribution < 1.29 is 0 Å². The minimum absolute atomic E-state index is 0.787. The smallest absolute Gasteiger partial charge is 0.0110 e. The van der Waals surface area contributed by atoms with Crippen LogP contribution in [0.3, 0.4) is 0 Å². The van der Waals surface area contributed by atoms with Gasteiger partial charge in [-0.1, -0.05) is 13.3 Å². The van der Waals surface area contributed by atoms with Crippen molar-refractivity contribution in [2.75, 3.05) is 26.2 Å². The van der Waals surface area contributed by atoms with Gasteiger partial charge in [0, 0.05) is 19.1 Å². The maximum atomic E-state index is 3.43. The Bertz CT molecular complexity index is 106. The number of hydrogen-bond donors (Lipinski definition) is 1. The Balaban J connectivity index is 2.27. The quantitative estimate of drug-likeness (QED) is 0.690. The van der Waals surface area contributed by atoms with E-state index in [4.69, 9.17) is 0 Å². The highest BCUT2D eigenvalue weighted by molar-refractivity contribution is 4.71. The van der Waals surface area contributed by atoms with E-state index < -0.39 is 0 Å². The van der Waals surface area contributed by atoms with E-state index in [1.54, 1.807) is 0 Å². The Morgan fingerprint density at radius 2 is 2.17 bits per heavy atom. The van der Waals surface area contributed by atoms with Crippen LogP contribution in [0.25, 0.3) is 0 Å². The van der Waals surface area contributed by atoms with Crippen LogP contribution in [-0.2, 0) is 0 Å². The van der Waals surface area contributed by atoms with Crippen molar-refractivity contribution in [3.63, 3.8) is 0 Å². The highest BCUT2D eigenvalue weighted by Gasteiger charge is 2.13. The molecule has 1 aliphatic rings. The lowest BCUT2D eigenvalue weighted by molar-refractivity contribution is 0.212. The van der Waals surface area contributed by atoms with Crippen LogP contribution in [0.4, 0.5) is 0 Å². The largest absolute Gasteiger partial charge is 0.315 e. The third kappa shape index (κ3) is 3.11. The Morgan fingerprint density at radius 1 is 1.33 bits per heavy atom. The molecular weight excluding hydrogens is 148 g/mol. The molecular formula is C10H22N2. The summed E-state index contributed by atoms with van der Waals surface area (Å²) in [5.41, 5.74) is 0. The molecule has 0 unspecified atom stereocenters. The van der Waals surface area contributed by atoms with Gasteiger partial charge in [0.2, 0.25) is 0 Å². The molecule has 1 heterocycles. The van der Waals surface area contributed by atoms with E-state index in [0.29, 0.717) is 0 Å². The Kier molecular flexibility index (Phi) is 4.62. The van der Waals surface area contributed by atoms with E-state index in [9.17, 15) is 0 Å². The zero-order valence-corrected chi connectivity index (χ0v) is 8.47. The first kappa shape index (κ1) is 10.0. The lowest BCUT2D eigenvalue weighted by Crippen LogP contribution is -2.35. The zero-order chi connectivity index (χ0) is 8.81. The second-order valence-electron chi connectivity index (χ2n) is 3.78. The fourth-order valence-corrected chi connectivity index (χ4v) is 1.91. The summed E-state index contributed by atoms with van der Waals surface area (Å²) in [5, 5.41) is 3.43. The first-order valence-corrected chi connectivity index (χ1v) is 5.29.